The summed E-state index contributed by atoms with van der Waals surface area (Å²) in [4.78, 5) is 0. The summed E-state index contributed by atoms with van der Waals surface area (Å²) < 4.78 is 0. The quantitative estimate of drug-likeness (QED) is 0.454. The van der Waals surface area contributed by atoms with Crippen molar-refractivity contribution in [3.8, 4) is 0 Å². The molecular formula is C7H6. The molecule has 0 bridgehead atoms. The van der Waals surface area contributed by atoms with Gasteiger partial charge in [0.1, 0.15) is 0 Å². The summed E-state index contributed by atoms with van der Waals surface area (Å²) in [7, 11) is 0. The Bertz CT molecular complexity index is 130. The Kier molecular flexibility index (Phi) is 1.12. The molecule has 0 heterocycles. The summed E-state index contributed by atoms with van der Waals surface area (Å²) in [5.74, 6) is 0. The predicted molar refractivity (Wildman–Crippen MR) is 28.9 cm³/mol. The summed E-state index contributed by atoms with van der Waals surface area (Å²) in [5.41, 5.74) is 1.14. The highest BCUT2D eigenvalue weighted by Crippen LogP contribution is 1.90. The molecule has 0 aliphatic carbocycles. The predicted octanol–water partition coefficient (Wildman–Crippen LogP) is 1.60. The second-order valence-electron chi connectivity index (χ2n) is 1.47. The van der Waals surface area contributed by atoms with Crippen LogP contribution in [0.2, 0.25) is 0 Å². The van der Waals surface area contributed by atoms with Crippen LogP contribution in [0, 0.1) is 19.1 Å². The molecule has 0 amide bonds. The molecule has 0 N–H and O–H groups in total. The molecule has 34 valence electrons. The molecule has 1 aromatic carbocycles. The lowest BCUT2D eigenvalue weighted by Crippen LogP contribution is -1.64. The van der Waals surface area contributed by atoms with E-state index in [0.29, 0.717) is 0 Å². The standard InChI is InChI=1S/C7H6/c1-7-5-3-2-4-6-7/h2-3,6H,1H3. The van der Waals surface area contributed by atoms with Crippen LogP contribution in [0.4, 0.5) is 0 Å². The summed E-state index contributed by atoms with van der Waals surface area (Å²) in [6, 6.07) is 11.5. The number of aryl methyl sites for hydroxylation is 1. The van der Waals surface area contributed by atoms with Gasteiger partial charge >= 0.3 is 0 Å². The van der Waals surface area contributed by atoms with Crippen molar-refractivity contribution in [2.75, 3.05) is 0 Å². The first kappa shape index (κ1) is 4.38. The van der Waals surface area contributed by atoms with E-state index in [1.165, 1.54) is 0 Å². The van der Waals surface area contributed by atoms with Crippen molar-refractivity contribution >= 4 is 0 Å². The van der Waals surface area contributed by atoms with Crippen LogP contribution in [-0.2, 0) is 0 Å². The average molecular weight is 90.1 g/mol. The van der Waals surface area contributed by atoms with Gasteiger partial charge in [-0.15, -0.1) is 0 Å². The van der Waals surface area contributed by atoms with E-state index in [9.17, 15) is 0 Å². The highest BCUT2D eigenvalue weighted by atomic mass is 13.8. The summed E-state index contributed by atoms with van der Waals surface area (Å²) in [5, 5.41) is 0. The number of hydrogen-bond donors (Lipinski definition) is 0. The van der Waals surface area contributed by atoms with Crippen molar-refractivity contribution < 1.29 is 0 Å². The normalized spacial score (nSPS) is 8.71. The van der Waals surface area contributed by atoms with Crippen molar-refractivity contribution in [1.82, 2.24) is 0 Å². The minimum atomic E-state index is 1.14. The SMILES string of the molecule is Cc1[c]cc[c]c1. The monoisotopic (exact) mass is 90.0 g/mol. The lowest BCUT2D eigenvalue weighted by Gasteiger charge is -1.81. The summed E-state index contributed by atoms with van der Waals surface area (Å²) in [6.07, 6.45) is 0. The Balaban J connectivity index is 3.02. The molecule has 0 fully saturated rings. The van der Waals surface area contributed by atoms with Gasteiger partial charge in [0.15, 0.2) is 0 Å². The molecule has 0 aromatic heterocycles. The molecule has 0 atom stereocenters. The van der Waals surface area contributed by atoms with Gasteiger partial charge in [0.2, 0.25) is 0 Å². The molecule has 0 nitrogen and oxygen atoms in total. The fraction of sp³-hybridized carbons (Fsp3) is 0.143. The number of rotatable bonds is 0. The zero-order valence-electron chi connectivity index (χ0n) is 4.23. The maximum absolute atomic E-state index is 3.00. The first-order valence-electron chi connectivity index (χ1n) is 2.24. The van der Waals surface area contributed by atoms with Crippen molar-refractivity contribution in [3.63, 3.8) is 0 Å². The van der Waals surface area contributed by atoms with E-state index in [2.05, 4.69) is 12.1 Å². The molecule has 0 heteroatoms. The lowest BCUT2D eigenvalue weighted by molar-refractivity contribution is 1.46. The van der Waals surface area contributed by atoms with Crippen LogP contribution in [0.5, 0.6) is 0 Å². The van der Waals surface area contributed by atoms with Gasteiger partial charge in [0.25, 0.3) is 0 Å². The van der Waals surface area contributed by atoms with E-state index in [0.717, 1.165) is 5.56 Å². The minimum Gasteiger partial charge on any atom is -0.0537 e. The van der Waals surface area contributed by atoms with Crippen LogP contribution in [0.25, 0.3) is 0 Å². The van der Waals surface area contributed by atoms with Crippen LogP contribution >= 0.6 is 0 Å². The molecule has 0 saturated heterocycles. The molecule has 1 aromatic rings. The first-order chi connectivity index (χ1) is 3.39. The Morgan fingerprint density at radius 2 is 2.29 bits per heavy atom. The van der Waals surface area contributed by atoms with E-state index in [-0.39, 0.29) is 0 Å². The third-order valence-corrected chi connectivity index (χ3v) is 0.790. The minimum absolute atomic E-state index is 1.14. The third-order valence-electron chi connectivity index (χ3n) is 0.790. The first-order valence-corrected chi connectivity index (χ1v) is 2.24. The fourth-order valence-electron chi connectivity index (χ4n) is 0.436. The number of hydrogen-bond acceptors (Lipinski definition) is 0. The smallest absolute Gasteiger partial charge is 0.0152 e. The van der Waals surface area contributed by atoms with Crippen molar-refractivity contribution in [2.45, 2.75) is 6.92 Å². The van der Waals surface area contributed by atoms with Crippen molar-refractivity contribution in [2.24, 2.45) is 0 Å². The zero-order valence-corrected chi connectivity index (χ0v) is 4.23. The molecule has 7 heavy (non-hydrogen) atoms. The Hall–Kier alpha value is -0.780. The van der Waals surface area contributed by atoms with Crippen LogP contribution in [0.1, 0.15) is 5.56 Å². The molecule has 0 aliphatic heterocycles. The molecule has 0 aliphatic rings. The number of benzene rings is 1. The van der Waals surface area contributed by atoms with Gasteiger partial charge in [0.05, 0.1) is 0 Å². The van der Waals surface area contributed by atoms with Gasteiger partial charge in [-0.05, 0) is 24.6 Å². The van der Waals surface area contributed by atoms with Gasteiger partial charge in [-0.25, -0.2) is 0 Å². The maximum Gasteiger partial charge on any atom is -0.0152 e. The Labute approximate surface area is 43.8 Å². The molecule has 1 rings (SSSR count). The third kappa shape index (κ3) is 1.04. The van der Waals surface area contributed by atoms with Crippen molar-refractivity contribution in [3.05, 3.63) is 35.9 Å². The largest absolute Gasteiger partial charge is 0.0537 e. The molecular weight excluding hydrogens is 84.1 g/mol. The van der Waals surface area contributed by atoms with Gasteiger partial charge in [-0.3, -0.25) is 0 Å². The highest BCUT2D eigenvalue weighted by Gasteiger charge is 1.73. The summed E-state index contributed by atoms with van der Waals surface area (Å²) in [6.45, 7) is 2.00. The van der Waals surface area contributed by atoms with Gasteiger partial charge in [-0.2, -0.15) is 0 Å². The lowest BCUT2D eigenvalue weighted by atomic mass is 10.2. The maximum atomic E-state index is 3.00. The Morgan fingerprint density at radius 1 is 1.43 bits per heavy atom. The second-order valence-corrected chi connectivity index (χ2v) is 1.47. The molecule has 0 saturated carbocycles. The van der Waals surface area contributed by atoms with E-state index < -0.39 is 0 Å². The van der Waals surface area contributed by atoms with Crippen LogP contribution in [0.3, 0.4) is 0 Å². The summed E-state index contributed by atoms with van der Waals surface area (Å²) >= 11 is 0. The average Bonchev–Trinajstić information content (AvgIpc) is 1.69. The van der Waals surface area contributed by atoms with E-state index in [1.54, 1.807) is 0 Å². The molecule has 0 spiro atoms. The second kappa shape index (κ2) is 1.78. The fourth-order valence-corrected chi connectivity index (χ4v) is 0.436. The van der Waals surface area contributed by atoms with E-state index >= 15 is 0 Å². The van der Waals surface area contributed by atoms with Gasteiger partial charge in [-0.1, -0.05) is 18.2 Å². The van der Waals surface area contributed by atoms with Crippen molar-refractivity contribution in [1.29, 1.82) is 0 Å². The van der Waals surface area contributed by atoms with E-state index in [4.69, 9.17) is 0 Å². The Morgan fingerprint density at radius 3 is 2.57 bits per heavy atom. The molecule has 2 radical (unpaired) electrons. The van der Waals surface area contributed by atoms with Crippen LogP contribution in [-0.4, -0.2) is 0 Å². The van der Waals surface area contributed by atoms with Crippen LogP contribution in [0.15, 0.2) is 18.2 Å². The van der Waals surface area contributed by atoms with E-state index in [1.807, 2.05) is 25.1 Å². The molecule has 0 unspecified atom stereocenters. The van der Waals surface area contributed by atoms with Crippen LogP contribution < -0.4 is 0 Å². The van der Waals surface area contributed by atoms with Gasteiger partial charge in [0, 0.05) is 0 Å². The topological polar surface area (TPSA) is 0 Å². The zero-order chi connectivity index (χ0) is 5.11. The van der Waals surface area contributed by atoms with Gasteiger partial charge < -0.3 is 0 Å². The highest BCUT2D eigenvalue weighted by molar-refractivity contribution is 5.08.